The van der Waals surface area contributed by atoms with Crippen LogP contribution in [0.2, 0.25) is 0 Å². The molecule has 1 amide bonds. The largest absolute Gasteiger partial charge is 0.432 e. The second kappa shape index (κ2) is 10.4. The van der Waals surface area contributed by atoms with Crippen LogP contribution < -0.4 is 15.4 Å². The molecular weight excluding hydrogens is 588 g/mol. The summed E-state index contributed by atoms with van der Waals surface area (Å²) in [6.45, 7) is -1.21. The third-order valence-electron chi connectivity index (χ3n) is 4.90. The summed E-state index contributed by atoms with van der Waals surface area (Å²) in [7, 11) is -3.94. The molecule has 3 rings (SSSR count). The number of nitriles is 1. The van der Waals surface area contributed by atoms with Crippen LogP contribution in [0.4, 0.5) is 13.2 Å². The highest BCUT2D eigenvalue weighted by molar-refractivity contribution is 14.1. The van der Waals surface area contributed by atoms with Crippen LogP contribution >= 0.6 is 22.6 Å². The molecule has 0 spiro atoms. The van der Waals surface area contributed by atoms with Crippen LogP contribution in [-0.4, -0.2) is 53.2 Å². The van der Waals surface area contributed by atoms with Gasteiger partial charge in [0.15, 0.2) is 9.84 Å². The van der Waals surface area contributed by atoms with Gasteiger partial charge in [-0.3, -0.25) is 15.1 Å². The van der Waals surface area contributed by atoms with Crippen LogP contribution in [0, 0.1) is 17.1 Å². The Bertz CT molecular complexity index is 1160. The van der Waals surface area contributed by atoms with E-state index in [-0.39, 0.29) is 9.67 Å². The zero-order valence-corrected chi connectivity index (χ0v) is 20.5. The van der Waals surface area contributed by atoms with E-state index in [1.54, 1.807) is 6.07 Å². The Balaban J connectivity index is 1.72. The Labute approximate surface area is 208 Å². The van der Waals surface area contributed by atoms with E-state index >= 15 is 0 Å². The van der Waals surface area contributed by atoms with E-state index in [1.165, 1.54) is 18.5 Å². The number of carbonyl (C=O) groups excluding carboxylic acids is 1. The molecule has 0 saturated heterocycles. The first-order chi connectivity index (χ1) is 15.9. The lowest BCUT2D eigenvalue weighted by Crippen LogP contribution is -2.55. The molecule has 0 radical (unpaired) electrons. The molecule has 182 valence electrons. The van der Waals surface area contributed by atoms with E-state index in [2.05, 4.69) is 20.4 Å². The fourth-order valence-electron chi connectivity index (χ4n) is 3.03. The molecule has 1 aliphatic rings. The highest BCUT2D eigenvalue weighted by atomic mass is 127. The molecule has 1 aromatic heterocycles. The van der Waals surface area contributed by atoms with Crippen molar-refractivity contribution in [2.45, 2.75) is 33.8 Å². The lowest BCUT2D eigenvalue weighted by atomic mass is 10.2. The van der Waals surface area contributed by atoms with Crippen molar-refractivity contribution in [1.29, 1.82) is 5.26 Å². The fourth-order valence-corrected chi connectivity index (χ4v) is 5.60. The van der Waals surface area contributed by atoms with Crippen molar-refractivity contribution in [3.63, 3.8) is 0 Å². The number of nitrogens with zero attached hydrogens (tertiary/aromatic N) is 2. The third kappa shape index (κ3) is 7.28. The first-order valence-corrected chi connectivity index (χ1v) is 13.0. The maximum absolute atomic E-state index is 14.4. The minimum absolute atomic E-state index is 0.185. The molecular formula is C21H20F3IN4O4S. The molecule has 2 aromatic rings. The van der Waals surface area contributed by atoms with Crippen LogP contribution in [0.1, 0.15) is 12.0 Å². The van der Waals surface area contributed by atoms with Gasteiger partial charge in [0.05, 0.1) is 21.5 Å². The van der Waals surface area contributed by atoms with Crippen molar-refractivity contribution in [3.05, 3.63) is 60.2 Å². The summed E-state index contributed by atoms with van der Waals surface area (Å²) in [5.74, 6) is -3.09. The summed E-state index contributed by atoms with van der Waals surface area (Å²) in [5, 5.41) is 14.1. The van der Waals surface area contributed by atoms with E-state index in [0.717, 1.165) is 24.3 Å². The Kier molecular flexibility index (Phi) is 8.04. The molecule has 8 nitrogen and oxygen atoms in total. The van der Waals surface area contributed by atoms with Gasteiger partial charge in [-0.2, -0.15) is 14.0 Å². The van der Waals surface area contributed by atoms with Gasteiger partial charge in [0.2, 0.25) is 5.91 Å². The number of hydrogen-bond acceptors (Lipinski definition) is 7. The molecule has 2 N–H and O–H groups in total. The number of benzene rings is 1. The zero-order valence-electron chi connectivity index (χ0n) is 17.5. The zero-order chi connectivity index (χ0) is 25.0. The molecule has 1 aromatic carbocycles. The van der Waals surface area contributed by atoms with Gasteiger partial charge in [0.1, 0.15) is 29.7 Å². The van der Waals surface area contributed by atoms with E-state index in [9.17, 15) is 31.6 Å². The Hall–Kier alpha value is -2.44. The average molecular weight is 608 g/mol. The number of carbonyl (C=O) groups is 1. The highest BCUT2D eigenvalue weighted by Gasteiger charge is 2.55. The SMILES string of the molecule is N#CC1(NC(=O)C(CS(=O)(=O)Cc2cccnc2)NCC(F)(F)Oc2ccc(F)cc2)CC1I. The predicted molar refractivity (Wildman–Crippen MR) is 124 cm³/mol. The summed E-state index contributed by atoms with van der Waals surface area (Å²) >= 11 is 1.97. The third-order valence-corrected chi connectivity index (χ3v) is 8.02. The Morgan fingerprint density at radius 3 is 2.59 bits per heavy atom. The van der Waals surface area contributed by atoms with Crippen molar-refractivity contribution < 1.29 is 31.1 Å². The highest BCUT2D eigenvalue weighted by Crippen LogP contribution is 2.42. The molecule has 3 atom stereocenters. The molecule has 3 unspecified atom stereocenters. The molecule has 0 bridgehead atoms. The summed E-state index contributed by atoms with van der Waals surface area (Å²) in [6, 6.07) is 7.37. The first-order valence-electron chi connectivity index (χ1n) is 9.96. The van der Waals surface area contributed by atoms with E-state index in [0.29, 0.717) is 12.0 Å². The maximum atomic E-state index is 14.4. The Morgan fingerprint density at radius 2 is 2.03 bits per heavy atom. The minimum Gasteiger partial charge on any atom is -0.432 e. The molecule has 1 aliphatic carbocycles. The monoisotopic (exact) mass is 608 g/mol. The van der Waals surface area contributed by atoms with Crippen molar-refractivity contribution >= 4 is 38.3 Å². The van der Waals surface area contributed by atoms with Gasteiger partial charge in [-0.05, 0) is 35.9 Å². The normalized spacial score (nSPS) is 20.7. The minimum atomic E-state index is -3.94. The number of sulfone groups is 1. The van der Waals surface area contributed by atoms with E-state index in [4.69, 9.17) is 0 Å². The van der Waals surface area contributed by atoms with Crippen LogP contribution in [0.25, 0.3) is 0 Å². The number of pyridine rings is 1. The molecule has 1 heterocycles. The summed E-state index contributed by atoms with van der Waals surface area (Å²) < 4.78 is 71.5. The van der Waals surface area contributed by atoms with Gasteiger partial charge in [-0.25, -0.2) is 12.8 Å². The lowest BCUT2D eigenvalue weighted by molar-refractivity contribution is -0.172. The van der Waals surface area contributed by atoms with Gasteiger partial charge in [-0.1, -0.05) is 28.7 Å². The number of amides is 1. The van der Waals surface area contributed by atoms with Gasteiger partial charge in [0, 0.05) is 18.8 Å². The smallest absolute Gasteiger partial charge is 0.410 e. The van der Waals surface area contributed by atoms with Crippen LogP contribution in [0.15, 0.2) is 48.8 Å². The van der Waals surface area contributed by atoms with Crippen LogP contribution in [-0.2, 0) is 20.4 Å². The maximum Gasteiger partial charge on any atom is 0.410 e. The van der Waals surface area contributed by atoms with Crippen molar-refractivity contribution in [3.8, 4) is 11.8 Å². The quantitative estimate of drug-likeness (QED) is 0.297. The van der Waals surface area contributed by atoms with Gasteiger partial charge >= 0.3 is 6.11 Å². The van der Waals surface area contributed by atoms with Gasteiger partial charge in [-0.15, -0.1) is 0 Å². The predicted octanol–water partition coefficient (Wildman–Crippen LogP) is 2.35. The topological polar surface area (TPSA) is 121 Å². The second-order valence-corrected chi connectivity index (χ2v) is 11.4. The summed E-state index contributed by atoms with van der Waals surface area (Å²) in [5.41, 5.74) is -0.799. The number of hydrogen-bond donors (Lipinski definition) is 2. The van der Waals surface area contributed by atoms with Crippen molar-refractivity contribution in [2.75, 3.05) is 12.3 Å². The number of rotatable bonds is 11. The average Bonchev–Trinajstić information content (AvgIpc) is 3.42. The number of aromatic nitrogens is 1. The Morgan fingerprint density at radius 1 is 1.35 bits per heavy atom. The van der Waals surface area contributed by atoms with Gasteiger partial charge < -0.3 is 10.1 Å². The summed E-state index contributed by atoms with van der Waals surface area (Å²) in [4.78, 5) is 16.7. The number of nitrogens with one attached hydrogen (secondary N) is 2. The number of ether oxygens (including phenoxy) is 1. The molecule has 0 aliphatic heterocycles. The number of alkyl halides is 3. The molecule has 13 heteroatoms. The molecule has 1 saturated carbocycles. The fraction of sp³-hybridized carbons (Fsp3) is 0.381. The molecule has 34 heavy (non-hydrogen) atoms. The van der Waals surface area contributed by atoms with E-state index in [1.807, 2.05) is 28.7 Å². The standard InChI is InChI=1S/C21H20F3IN4O4S/c22-15-3-5-16(6-4-15)33-21(23,24)13-28-17(19(30)29-20(12-26)8-18(20)25)11-34(31,32)10-14-2-1-7-27-9-14/h1-7,9,17-18,28H,8,10-11,13H2,(H,29,30). The first kappa shape index (κ1) is 26.2. The van der Waals surface area contributed by atoms with E-state index < -0.39 is 57.3 Å². The van der Waals surface area contributed by atoms with Crippen LogP contribution in [0.5, 0.6) is 5.75 Å². The number of halogens is 4. The van der Waals surface area contributed by atoms with Crippen molar-refractivity contribution in [1.82, 2.24) is 15.6 Å². The van der Waals surface area contributed by atoms with Gasteiger partial charge in [0.25, 0.3) is 0 Å². The lowest BCUT2D eigenvalue weighted by Gasteiger charge is -2.24. The second-order valence-electron chi connectivity index (χ2n) is 7.79. The van der Waals surface area contributed by atoms with Crippen molar-refractivity contribution in [2.24, 2.45) is 0 Å². The summed E-state index contributed by atoms with van der Waals surface area (Å²) in [6.07, 6.45) is -0.675. The van der Waals surface area contributed by atoms with Crippen LogP contribution in [0.3, 0.4) is 0 Å². The molecule has 1 fully saturated rings.